The van der Waals surface area contributed by atoms with Crippen LogP contribution in [-0.4, -0.2) is 27.7 Å². The van der Waals surface area contributed by atoms with Gasteiger partial charge in [0.25, 0.3) is 0 Å². The molecule has 1 aromatic heterocycles. The van der Waals surface area contributed by atoms with Crippen LogP contribution >= 0.6 is 0 Å². The smallest absolute Gasteiger partial charge is 0.137 e. The standard InChI is InChI=1S/C19H17N3O/c23-13-16(10-6-9-15-7-2-1-3-8-15)22-19-17-11-4-5-12-18(17)20-14-21-19/h1-5,7-8,11-12,14,16,23H,10,13H2,(H,20,21,22). The molecule has 1 heterocycles. The van der Waals surface area contributed by atoms with Crippen molar-refractivity contribution in [1.29, 1.82) is 0 Å². The van der Waals surface area contributed by atoms with Gasteiger partial charge in [-0.15, -0.1) is 0 Å². The molecular weight excluding hydrogens is 286 g/mol. The van der Waals surface area contributed by atoms with Gasteiger partial charge in [-0.25, -0.2) is 9.97 Å². The van der Waals surface area contributed by atoms with Gasteiger partial charge in [-0.1, -0.05) is 42.2 Å². The van der Waals surface area contributed by atoms with E-state index in [0.717, 1.165) is 22.3 Å². The lowest BCUT2D eigenvalue weighted by Crippen LogP contribution is -2.24. The second-order valence-corrected chi connectivity index (χ2v) is 5.14. The molecule has 0 spiro atoms. The summed E-state index contributed by atoms with van der Waals surface area (Å²) in [6.45, 7) is -0.0121. The Hall–Kier alpha value is -2.90. The van der Waals surface area contributed by atoms with Gasteiger partial charge in [0.15, 0.2) is 0 Å². The average molecular weight is 303 g/mol. The molecule has 0 saturated heterocycles. The molecule has 1 unspecified atom stereocenters. The first-order valence-corrected chi connectivity index (χ1v) is 7.48. The number of para-hydroxylation sites is 1. The maximum Gasteiger partial charge on any atom is 0.137 e. The zero-order valence-corrected chi connectivity index (χ0v) is 12.6. The van der Waals surface area contributed by atoms with Gasteiger partial charge in [-0.05, 0) is 24.3 Å². The van der Waals surface area contributed by atoms with Crippen LogP contribution in [0.5, 0.6) is 0 Å². The molecule has 2 aromatic carbocycles. The highest BCUT2D eigenvalue weighted by Crippen LogP contribution is 2.19. The lowest BCUT2D eigenvalue weighted by atomic mass is 10.1. The maximum atomic E-state index is 9.58. The minimum atomic E-state index is -0.176. The first-order valence-electron chi connectivity index (χ1n) is 7.48. The summed E-state index contributed by atoms with van der Waals surface area (Å²) in [4.78, 5) is 8.51. The predicted octanol–water partition coefficient (Wildman–Crippen LogP) is 2.84. The van der Waals surface area contributed by atoms with E-state index in [2.05, 4.69) is 27.1 Å². The molecule has 0 aliphatic rings. The minimum Gasteiger partial charge on any atom is -0.394 e. The van der Waals surface area contributed by atoms with Crippen molar-refractivity contribution in [1.82, 2.24) is 9.97 Å². The van der Waals surface area contributed by atoms with E-state index < -0.39 is 0 Å². The predicted molar refractivity (Wildman–Crippen MR) is 92.0 cm³/mol. The van der Waals surface area contributed by atoms with E-state index in [0.29, 0.717) is 6.42 Å². The number of nitrogens with one attached hydrogen (secondary N) is 1. The lowest BCUT2D eigenvalue weighted by Gasteiger charge is -2.15. The fourth-order valence-corrected chi connectivity index (χ4v) is 2.27. The molecular formula is C19H17N3O. The number of benzene rings is 2. The van der Waals surface area contributed by atoms with Crippen LogP contribution in [-0.2, 0) is 0 Å². The molecule has 0 aliphatic carbocycles. The Labute approximate surface area is 135 Å². The number of rotatable bonds is 4. The zero-order chi connectivity index (χ0) is 15.9. The molecule has 3 aromatic rings. The second kappa shape index (κ2) is 7.39. The molecule has 4 nitrogen and oxygen atoms in total. The number of fused-ring (bicyclic) bond motifs is 1. The topological polar surface area (TPSA) is 58.0 Å². The summed E-state index contributed by atoms with van der Waals surface area (Å²) >= 11 is 0. The molecule has 0 fully saturated rings. The Balaban J connectivity index is 1.73. The third kappa shape index (κ3) is 3.85. The van der Waals surface area contributed by atoms with Crippen LogP contribution in [0.25, 0.3) is 10.9 Å². The molecule has 0 aliphatic heterocycles. The zero-order valence-electron chi connectivity index (χ0n) is 12.6. The fourth-order valence-electron chi connectivity index (χ4n) is 2.27. The molecule has 23 heavy (non-hydrogen) atoms. The third-order valence-electron chi connectivity index (χ3n) is 3.46. The lowest BCUT2D eigenvalue weighted by molar-refractivity contribution is 0.276. The van der Waals surface area contributed by atoms with E-state index in [1.54, 1.807) is 0 Å². The molecule has 3 rings (SSSR count). The highest BCUT2D eigenvalue weighted by molar-refractivity contribution is 5.88. The normalized spacial score (nSPS) is 11.5. The molecule has 114 valence electrons. The summed E-state index contributed by atoms with van der Waals surface area (Å²) in [5, 5.41) is 13.8. The van der Waals surface area contributed by atoms with Gasteiger partial charge in [0.05, 0.1) is 18.2 Å². The Morgan fingerprint density at radius 2 is 1.78 bits per heavy atom. The second-order valence-electron chi connectivity index (χ2n) is 5.14. The third-order valence-corrected chi connectivity index (χ3v) is 3.46. The Morgan fingerprint density at radius 3 is 2.61 bits per heavy atom. The van der Waals surface area contributed by atoms with Crippen LogP contribution in [0.15, 0.2) is 60.9 Å². The van der Waals surface area contributed by atoms with Crippen molar-refractivity contribution in [3.05, 3.63) is 66.5 Å². The highest BCUT2D eigenvalue weighted by Gasteiger charge is 2.09. The highest BCUT2D eigenvalue weighted by atomic mass is 16.3. The number of hydrogen-bond acceptors (Lipinski definition) is 4. The van der Waals surface area contributed by atoms with Crippen molar-refractivity contribution in [2.75, 3.05) is 11.9 Å². The quantitative estimate of drug-likeness (QED) is 0.728. The van der Waals surface area contributed by atoms with Gasteiger partial charge in [0, 0.05) is 17.4 Å². The first-order chi connectivity index (χ1) is 11.4. The SMILES string of the molecule is OCC(CC#Cc1ccccc1)Nc1ncnc2ccccc12. The van der Waals surface area contributed by atoms with Crippen molar-refractivity contribution < 1.29 is 5.11 Å². The van der Waals surface area contributed by atoms with Crippen LogP contribution in [0.2, 0.25) is 0 Å². The van der Waals surface area contributed by atoms with Gasteiger partial charge in [0.1, 0.15) is 12.1 Å². The Bertz CT molecular complexity index is 832. The van der Waals surface area contributed by atoms with E-state index in [1.807, 2.05) is 54.6 Å². The number of anilines is 1. The van der Waals surface area contributed by atoms with E-state index in [1.165, 1.54) is 6.33 Å². The number of aliphatic hydroxyl groups is 1. The summed E-state index contributed by atoms with van der Waals surface area (Å²) < 4.78 is 0. The monoisotopic (exact) mass is 303 g/mol. The summed E-state index contributed by atoms with van der Waals surface area (Å²) in [6, 6.07) is 17.4. The number of aromatic nitrogens is 2. The van der Waals surface area contributed by atoms with Crippen molar-refractivity contribution in [2.45, 2.75) is 12.5 Å². The van der Waals surface area contributed by atoms with Crippen molar-refractivity contribution in [3.8, 4) is 11.8 Å². The van der Waals surface area contributed by atoms with Crippen molar-refractivity contribution >= 4 is 16.7 Å². The van der Waals surface area contributed by atoms with Crippen LogP contribution in [0.4, 0.5) is 5.82 Å². The van der Waals surface area contributed by atoms with Crippen molar-refractivity contribution in [2.24, 2.45) is 0 Å². The summed E-state index contributed by atoms with van der Waals surface area (Å²) in [7, 11) is 0. The maximum absolute atomic E-state index is 9.58. The minimum absolute atomic E-state index is 0.0121. The number of nitrogens with zero attached hydrogens (tertiary/aromatic N) is 2. The first kappa shape index (κ1) is 15.0. The molecule has 0 amide bonds. The molecule has 1 atom stereocenters. The average Bonchev–Trinajstić information content (AvgIpc) is 2.62. The van der Waals surface area contributed by atoms with E-state index in [-0.39, 0.29) is 12.6 Å². The fraction of sp³-hybridized carbons (Fsp3) is 0.158. The van der Waals surface area contributed by atoms with Gasteiger partial charge in [-0.2, -0.15) is 0 Å². The largest absolute Gasteiger partial charge is 0.394 e. The number of aliphatic hydroxyl groups excluding tert-OH is 1. The van der Waals surface area contributed by atoms with E-state index >= 15 is 0 Å². The summed E-state index contributed by atoms with van der Waals surface area (Å²) in [6.07, 6.45) is 2.05. The summed E-state index contributed by atoms with van der Waals surface area (Å²) in [5.41, 5.74) is 1.84. The van der Waals surface area contributed by atoms with Crippen LogP contribution < -0.4 is 5.32 Å². The van der Waals surface area contributed by atoms with E-state index in [4.69, 9.17) is 0 Å². The van der Waals surface area contributed by atoms with Crippen LogP contribution in [0, 0.1) is 11.8 Å². The Kier molecular flexibility index (Phi) is 4.82. The summed E-state index contributed by atoms with van der Waals surface area (Å²) in [5.74, 6) is 6.92. The van der Waals surface area contributed by atoms with Gasteiger partial charge in [0.2, 0.25) is 0 Å². The molecule has 0 bridgehead atoms. The van der Waals surface area contributed by atoms with Crippen LogP contribution in [0.3, 0.4) is 0 Å². The van der Waals surface area contributed by atoms with E-state index in [9.17, 15) is 5.11 Å². The number of hydrogen-bond donors (Lipinski definition) is 2. The molecule has 4 heteroatoms. The van der Waals surface area contributed by atoms with Crippen molar-refractivity contribution in [3.63, 3.8) is 0 Å². The van der Waals surface area contributed by atoms with Crippen LogP contribution in [0.1, 0.15) is 12.0 Å². The van der Waals surface area contributed by atoms with Gasteiger partial charge in [-0.3, -0.25) is 0 Å². The van der Waals surface area contributed by atoms with Gasteiger partial charge >= 0.3 is 0 Å². The Morgan fingerprint density at radius 1 is 1.00 bits per heavy atom. The molecule has 0 radical (unpaired) electrons. The molecule has 0 saturated carbocycles. The molecule has 2 N–H and O–H groups in total. The van der Waals surface area contributed by atoms with Gasteiger partial charge < -0.3 is 10.4 Å².